The summed E-state index contributed by atoms with van der Waals surface area (Å²) < 4.78 is 31.3. The molecule has 0 aliphatic carbocycles. The zero-order chi connectivity index (χ0) is 12.9. The van der Waals surface area contributed by atoms with Crippen molar-refractivity contribution in [3.8, 4) is 0 Å². The molecule has 4 nitrogen and oxygen atoms in total. The number of nitrogens with one attached hydrogen (secondary N) is 1. The lowest BCUT2D eigenvalue weighted by Gasteiger charge is -2.10. The average molecular weight is 343 g/mol. The van der Waals surface area contributed by atoms with Crippen LogP contribution in [0.4, 0.5) is 5.69 Å². The first kappa shape index (κ1) is 14.8. The van der Waals surface area contributed by atoms with E-state index in [-0.39, 0.29) is 12.4 Å². The molecular formula is C10H13BrClNO3S. The molecule has 96 valence electrons. The summed E-state index contributed by atoms with van der Waals surface area (Å²) >= 11 is 9.09. The van der Waals surface area contributed by atoms with Gasteiger partial charge in [0.05, 0.1) is 27.5 Å². The molecule has 0 saturated carbocycles. The molecule has 7 heteroatoms. The second-order valence-electron chi connectivity index (χ2n) is 3.22. The van der Waals surface area contributed by atoms with Gasteiger partial charge in [0.15, 0.2) is 0 Å². The highest BCUT2D eigenvalue weighted by Crippen LogP contribution is 2.30. The van der Waals surface area contributed by atoms with Gasteiger partial charge in [-0.25, -0.2) is 8.42 Å². The van der Waals surface area contributed by atoms with Gasteiger partial charge in [0.25, 0.3) is 0 Å². The van der Waals surface area contributed by atoms with E-state index in [1.807, 2.05) is 6.92 Å². The number of sulfonamides is 1. The minimum absolute atomic E-state index is 0.0835. The van der Waals surface area contributed by atoms with Crippen molar-refractivity contribution in [3.63, 3.8) is 0 Å². The summed E-state index contributed by atoms with van der Waals surface area (Å²) in [4.78, 5) is 0. The first-order chi connectivity index (χ1) is 7.96. The van der Waals surface area contributed by atoms with Gasteiger partial charge in [-0.05, 0) is 35.0 Å². The van der Waals surface area contributed by atoms with Gasteiger partial charge in [0, 0.05) is 6.61 Å². The molecule has 1 aromatic rings. The van der Waals surface area contributed by atoms with Crippen molar-refractivity contribution in [1.29, 1.82) is 0 Å². The van der Waals surface area contributed by atoms with Gasteiger partial charge in [-0.15, -0.1) is 0 Å². The summed E-state index contributed by atoms with van der Waals surface area (Å²) in [6.45, 7) is 2.48. The molecule has 0 saturated heterocycles. The summed E-state index contributed by atoms with van der Waals surface area (Å²) in [5.74, 6) is -0.0835. The Hall–Kier alpha value is -0.300. The van der Waals surface area contributed by atoms with Crippen molar-refractivity contribution in [2.75, 3.05) is 23.7 Å². The van der Waals surface area contributed by atoms with E-state index in [1.54, 1.807) is 18.2 Å². The average Bonchev–Trinajstić information content (AvgIpc) is 2.25. The molecule has 0 aliphatic heterocycles. The SMILES string of the molecule is CCOCCS(=O)(=O)Nc1cccc(Cl)c1Br. The Morgan fingerprint density at radius 2 is 2.18 bits per heavy atom. The molecule has 1 aromatic carbocycles. The lowest BCUT2D eigenvalue weighted by molar-refractivity contribution is 0.163. The summed E-state index contributed by atoms with van der Waals surface area (Å²) in [5.41, 5.74) is 0.425. The van der Waals surface area contributed by atoms with Crippen molar-refractivity contribution in [2.24, 2.45) is 0 Å². The Balaban J connectivity index is 2.73. The predicted octanol–water partition coefficient (Wildman–Crippen LogP) is 2.88. The number of ether oxygens (including phenoxy) is 1. The minimum atomic E-state index is -3.41. The molecule has 0 radical (unpaired) electrons. The molecule has 0 unspecified atom stereocenters. The smallest absolute Gasteiger partial charge is 0.235 e. The maximum Gasteiger partial charge on any atom is 0.235 e. The standard InChI is InChI=1S/C10H13BrClNO3S/c1-2-16-6-7-17(14,15)13-9-5-3-4-8(12)10(9)11/h3-5,13H,2,6-7H2,1H3. The van der Waals surface area contributed by atoms with Crippen molar-refractivity contribution < 1.29 is 13.2 Å². The van der Waals surface area contributed by atoms with Crippen LogP contribution in [0.3, 0.4) is 0 Å². The highest BCUT2D eigenvalue weighted by atomic mass is 79.9. The number of hydrogen-bond acceptors (Lipinski definition) is 3. The molecule has 0 bridgehead atoms. The van der Waals surface area contributed by atoms with E-state index in [1.165, 1.54) is 0 Å². The Morgan fingerprint density at radius 3 is 2.82 bits per heavy atom. The lowest BCUT2D eigenvalue weighted by atomic mass is 10.3. The topological polar surface area (TPSA) is 55.4 Å². The van der Waals surface area contributed by atoms with Crippen molar-refractivity contribution in [2.45, 2.75) is 6.92 Å². The van der Waals surface area contributed by atoms with E-state index in [0.717, 1.165) is 0 Å². The predicted molar refractivity (Wildman–Crippen MR) is 73.1 cm³/mol. The molecule has 0 spiro atoms. The molecular weight excluding hydrogens is 330 g/mol. The third-order valence-corrected chi connectivity index (χ3v) is 4.55. The van der Waals surface area contributed by atoms with Gasteiger partial charge in [0.1, 0.15) is 0 Å². The monoisotopic (exact) mass is 341 g/mol. The maximum absolute atomic E-state index is 11.7. The first-order valence-electron chi connectivity index (χ1n) is 4.98. The Labute approximate surface area is 114 Å². The molecule has 1 rings (SSSR count). The molecule has 0 heterocycles. The molecule has 17 heavy (non-hydrogen) atoms. The second kappa shape index (κ2) is 6.58. The van der Waals surface area contributed by atoms with Crippen LogP contribution in [0.25, 0.3) is 0 Å². The van der Waals surface area contributed by atoms with E-state index in [9.17, 15) is 8.42 Å². The van der Waals surface area contributed by atoms with Crippen LogP contribution in [0.1, 0.15) is 6.92 Å². The Bertz CT molecular complexity index is 478. The summed E-state index contributed by atoms with van der Waals surface area (Å²) in [5, 5.41) is 0.454. The fraction of sp³-hybridized carbons (Fsp3) is 0.400. The van der Waals surface area contributed by atoms with Gasteiger partial charge >= 0.3 is 0 Å². The molecule has 0 fully saturated rings. The van der Waals surface area contributed by atoms with E-state index in [4.69, 9.17) is 16.3 Å². The lowest BCUT2D eigenvalue weighted by Crippen LogP contribution is -2.20. The van der Waals surface area contributed by atoms with Crippen molar-refractivity contribution in [1.82, 2.24) is 0 Å². The first-order valence-corrected chi connectivity index (χ1v) is 7.81. The fourth-order valence-corrected chi connectivity index (χ4v) is 2.73. The number of halogens is 2. The van der Waals surface area contributed by atoms with Gasteiger partial charge in [-0.3, -0.25) is 4.72 Å². The van der Waals surface area contributed by atoms with Crippen LogP contribution in [0, 0.1) is 0 Å². The third-order valence-electron chi connectivity index (χ3n) is 1.92. The Morgan fingerprint density at radius 1 is 1.47 bits per heavy atom. The maximum atomic E-state index is 11.7. The zero-order valence-electron chi connectivity index (χ0n) is 9.24. The van der Waals surface area contributed by atoms with Gasteiger partial charge < -0.3 is 4.74 Å². The van der Waals surface area contributed by atoms with Crippen molar-refractivity contribution in [3.05, 3.63) is 27.7 Å². The third kappa shape index (κ3) is 4.83. The summed E-state index contributed by atoms with van der Waals surface area (Å²) in [6.07, 6.45) is 0. The zero-order valence-corrected chi connectivity index (χ0v) is 12.4. The quantitative estimate of drug-likeness (QED) is 0.809. The summed E-state index contributed by atoms with van der Waals surface area (Å²) in [7, 11) is -3.41. The van der Waals surface area contributed by atoms with Gasteiger partial charge in [0.2, 0.25) is 10.0 Å². The van der Waals surface area contributed by atoms with Crippen LogP contribution in [0.15, 0.2) is 22.7 Å². The van der Waals surface area contributed by atoms with Crippen LogP contribution < -0.4 is 4.72 Å². The van der Waals surface area contributed by atoms with E-state index in [0.29, 0.717) is 21.8 Å². The van der Waals surface area contributed by atoms with Gasteiger partial charge in [-0.2, -0.15) is 0 Å². The fourth-order valence-electron chi connectivity index (χ4n) is 1.11. The van der Waals surface area contributed by atoms with Gasteiger partial charge in [-0.1, -0.05) is 17.7 Å². The molecule has 0 aliphatic rings. The van der Waals surface area contributed by atoms with E-state index < -0.39 is 10.0 Å². The molecule has 0 atom stereocenters. The number of benzene rings is 1. The number of rotatable bonds is 6. The van der Waals surface area contributed by atoms with Crippen LogP contribution in [0.2, 0.25) is 5.02 Å². The van der Waals surface area contributed by atoms with Crippen molar-refractivity contribution >= 4 is 43.2 Å². The van der Waals surface area contributed by atoms with Crippen LogP contribution in [0.5, 0.6) is 0 Å². The van der Waals surface area contributed by atoms with Crippen LogP contribution in [-0.2, 0) is 14.8 Å². The number of anilines is 1. The number of hydrogen-bond donors (Lipinski definition) is 1. The van der Waals surface area contributed by atoms with E-state index >= 15 is 0 Å². The molecule has 0 aromatic heterocycles. The Kier molecular flexibility index (Phi) is 5.72. The normalized spacial score (nSPS) is 11.5. The highest BCUT2D eigenvalue weighted by Gasteiger charge is 2.13. The molecule has 0 amide bonds. The largest absolute Gasteiger partial charge is 0.381 e. The minimum Gasteiger partial charge on any atom is -0.381 e. The van der Waals surface area contributed by atoms with E-state index in [2.05, 4.69) is 20.7 Å². The second-order valence-corrected chi connectivity index (χ2v) is 6.26. The van der Waals surface area contributed by atoms with Crippen LogP contribution in [-0.4, -0.2) is 27.4 Å². The van der Waals surface area contributed by atoms with Crippen LogP contribution >= 0.6 is 27.5 Å². The summed E-state index contributed by atoms with van der Waals surface area (Å²) in [6, 6.07) is 4.98. The molecule has 1 N–H and O–H groups in total. The highest BCUT2D eigenvalue weighted by molar-refractivity contribution is 9.10.